The molecule has 1 fully saturated rings. The quantitative estimate of drug-likeness (QED) is 0.766. The summed E-state index contributed by atoms with van der Waals surface area (Å²) in [5.74, 6) is 1.64. The van der Waals surface area contributed by atoms with Gasteiger partial charge < -0.3 is 15.0 Å². The van der Waals surface area contributed by atoms with Crippen LogP contribution in [0.2, 0.25) is 0 Å². The zero-order valence-corrected chi connectivity index (χ0v) is 13.1. The van der Waals surface area contributed by atoms with Crippen molar-refractivity contribution in [1.82, 2.24) is 24.3 Å². The molecule has 0 amide bonds. The van der Waals surface area contributed by atoms with Crippen molar-refractivity contribution in [1.29, 1.82) is 0 Å². The number of hydrogen-bond acceptors (Lipinski definition) is 7. The first-order valence-electron chi connectivity index (χ1n) is 8.13. The third-order valence-corrected chi connectivity index (χ3v) is 4.66. The highest BCUT2D eigenvalue weighted by Crippen LogP contribution is 2.34. The molecule has 8 nitrogen and oxygen atoms in total. The predicted octanol–water partition coefficient (Wildman–Crippen LogP) is 1.55. The summed E-state index contributed by atoms with van der Waals surface area (Å²) in [6.45, 7) is 2.40. The van der Waals surface area contributed by atoms with Gasteiger partial charge in [-0.3, -0.25) is 9.38 Å². The predicted molar refractivity (Wildman–Crippen MR) is 88.8 cm³/mol. The number of nitrogens with one attached hydrogen (secondary N) is 1. The minimum atomic E-state index is 0.460. The highest BCUT2D eigenvalue weighted by molar-refractivity contribution is 5.73. The molecule has 0 saturated carbocycles. The van der Waals surface area contributed by atoms with Gasteiger partial charge in [-0.15, -0.1) is 0 Å². The number of nitrogens with zero attached hydrogens (tertiary/aromatic N) is 6. The average molecular weight is 323 g/mol. The van der Waals surface area contributed by atoms with Crippen molar-refractivity contribution >= 4 is 17.2 Å². The fraction of sp³-hybridized carbons (Fsp3) is 0.375. The molecule has 122 valence electrons. The Labute approximate surface area is 138 Å². The molecule has 1 N–H and O–H groups in total. The number of rotatable bonds is 2. The van der Waals surface area contributed by atoms with E-state index in [0.717, 1.165) is 55.6 Å². The van der Waals surface area contributed by atoms with E-state index in [4.69, 9.17) is 9.72 Å². The van der Waals surface area contributed by atoms with Gasteiger partial charge in [0.1, 0.15) is 5.69 Å². The molecule has 0 aliphatic carbocycles. The number of hydrogen-bond donors (Lipinski definition) is 1. The van der Waals surface area contributed by atoms with Gasteiger partial charge in [0.2, 0.25) is 0 Å². The van der Waals surface area contributed by atoms with E-state index in [2.05, 4.69) is 25.2 Å². The van der Waals surface area contributed by atoms with Crippen molar-refractivity contribution in [3.05, 3.63) is 31.0 Å². The maximum Gasteiger partial charge on any atom is 0.180 e. The summed E-state index contributed by atoms with van der Waals surface area (Å²) in [4.78, 5) is 20.1. The molecule has 8 heteroatoms. The monoisotopic (exact) mass is 323 g/mol. The van der Waals surface area contributed by atoms with Gasteiger partial charge >= 0.3 is 0 Å². The van der Waals surface area contributed by atoms with Gasteiger partial charge in [-0.2, -0.15) is 0 Å². The summed E-state index contributed by atoms with van der Waals surface area (Å²) in [6.07, 6.45) is 11.1. The topological polar surface area (TPSA) is 80.5 Å². The van der Waals surface area contributed by atoms with Crippen molar-refractivity contribution < 1.29 is 4.74 Å². The molecule has 0 bridgehead atoms. The van der Waals surface area contributed by atoms with Gasteiger partial charge in [-0.25, -0.2) is 15.0 Å². The normalized spacial score (nSPS) is 17.9. The van der Waals surface area contributed by atoms with Crippen LogP contribution in [-0.2, 0) is 4.74 Å². The third kappa shape index (κ3) is 2.10. The van der Waals surface area contributed by atoms with Crippen LogP contribution in [0.5, 0.6) is 0 Å². The first kappa shape index (κ1) is 13.7. The fourth-order valence-electron chi connectivity index (χ4n) is 3.39. The molecule has 5 rings (SSSR count). The molecule has 5 heterocycles. The van der Waals surface area contributed by atoms with Gasteiger partial charge in [0.25, 0.3) is 0 Å². The molecule has 0 radical (unpaired) electrons. The smallest absolute Gasteiger partial charge is 0.180 e. The molecule has 3 aromatic heterocycles. The van der Waals surface area contributed by atoms with Crippen molar-refractivity contribution in [3.8, 4) is 11.5 Å². The summed E-state index contributed by atoms with van der Waals surface area (Å²) in [6, 6.07) is 0.460. The van der Waals surface area contributed by atoms with Gasteiger partial charge in [-0.05, 0) is 12.8 Å². The number of fused-ring (bicyclic) bond motifs is 2. The molecule has 0 spiro atoms. The Kier molecular flexibility index (Phi) is 3.08. The molecule has 2 aliphatic heterocycles. The Hall–Kier alpha value is -2.74. The summed E-state index contributed by atoms with van der Waals surface area (Å²) >= 11 is 0. The van der Waals surface area contributed by atoms with Crippen molar-refractivity contribution in [3.63, 3.8) is 0 Å². The lowest BCUT2D eigenvalue weighted by Crippen LogP contribution is -2.39. The lowest BCUT2D eigenvalue weighted by atomic mass is 10.1. The van der Waals surface area contributed by atoms with Gasteiger partial charge in [0.05, 0.1) is 30.9 Å². The molecular formula is C16H17N7O. The Balaban J connectivity index is 1.55. The van der Waals surface area contributed by atoms with Crippen LogP contribution in [0.1, 0.15) is 12.8 Å². The maximum atomic E-state index is 5.48. The Morgan fingerprint density at radius 3 is 2.96 bits per heavy atom. The Morgan fingerprint density at radius 1 is 1.12 bits per heavy atom. The van der Waals surface area contributed by atoms with E-state index >= 15 is 0 Å². The molecule has 2 aliphatic rings. The van der Waals surface area contributed by atoms with Crippen LogP contribution in [0.25, 0.3) is 17.2 Å². The second kappa shape index (κ2) is 5.41. The number of imidazole rings is 1. The highest BCUT2D eigenvalue weighted by Gasteiger charge is 2.29. The van der Waals surface area contributed by atoms with Gasteiger partial charge in [-0.1, -0.05) is 0 Å². The fourth-order valence-corrected chi connectivity index (χ4v) is 3.39. The largest absolute Gasteiger partial charge is 0.381 e. The molecule has 0 aromatic carbocycles. The maximum absolute atomic E-state index is 5.48. The highest BCUT2D eigenvalue weighted by atomic mass is 16.5. The zero-order chi connectivity index (χ0) is 15.9. The first-order valence-corrected chi connectivity index (χ1v) is 8.13. The van der Waals surface area contributed by atoms with Crippen molar-refractivity contribution in [2.24, 2.45) is 0 Å². The van der Waals surface area contributed by atoms with Crippen LogP contribution >= 0.6 is 0 Å². The molecular weight excluding hydrogens is 306 g/mol. The van der Waals surface area contributed by atoms with E-state index in [1.165, 1.54) is 0 Å². The van der Waals surface area contributed by atoms with E-state index in [-0.39, 0.29) is 0 Å². The molecule has 3 aromatic rings. The molecule has 0 atom stereocenters. The molecule has 24 heavy (non-hydrogen) atoms. The van der Waals surface area contributed by atoms with E-state index in [1.54, 1.807) is 18.6 Å². The average Bonchev–Trinajstić information content (AvgIpc) is 3.26. The standard InChI is InChI=1S/C16H17N7O/c1-5-24-6-2-11(1)23-10-20-12-7-19-15(21-16(12)23)13-8-18-14-9-17-3-4-22(13)14/h3-4,7-9,11,20H,1-2,5-6,10H2. The third-order valence-electron chi connectivity index (χ3n) is 4.66. The minimum absolute atomic E-state index is 0.460. The molecule has 1 saturated heterocycles. The zero-order valence-electron chi connectivity index (χ0n) is 13.1. The van der Waals surface area contributed by atoms with Crippen LogP contribution < -0.4 is 10.2 Å². The second-order valence-electron chi connectivity index (χ2n) is 6.03. The van der Waals surface area contributed by atoms with Crippen molar-refractivity contribution in [2.45, 2.75) is 18.9 Å². The van der Waals surface area contributed by atoms with E-state index in [1.807, 2.05) is 16.8 Å². The van der Waals surface area contributed by atoms with E-state index in [0.29, 0.717) is 11.9 Å². The number of aromatic nitrogens is 5. The van der Waals surface area contributed by atoms with Crippen LogP contribution in [0.15, 0.2) is 31.0 Å². The van der Waals surface area contributed by atoms with Crippen LogP contribution in [0.4, 0.5) is 11.5 Å². The van der Waals surface area contributed by atoms with Crippen LogP contribution in [0.3, 0.4) is 0 Å². The summed E-state index contributed by atoms with van der Waals surface area (Å²) in [5.41, 5.74) is 2.64. The van der Waals surface area contributed by atoms with Crippen LogP contribution in [0, 0.1) is 0 Å². The number of ether oxygens (including phenoxy) is 1. The molecule has 0 unspecified atom stereocenters. The first-order chi connectivity index (χ1) is 11.9. The second-order valence-corrected chi connectivity index (χ2v) is 6.03. The lowest BCUT2D eigenvalue weighted by Gasteiger charge is -2.31. The van der Waals surface area contributed by atoms with Gasteiger partial charge in [0.15, 0.2) is 17.3 Å². The van der Waals surface area contributed by atoms with Crippen LogP contribution in [-0.4, -0.2) is 50.3 Å². The van der Waals surface area contributed by atoms with Gasteiger partial charge in [0, 0.05) is 31.6 Å². The minimum Gasteiger partial charge on any atom is -0.381 e. The summed E-state index contributed by atoms with van der Waals surface area (Å²) in [5, 5.41) is 3.38. The van der Waals surface area contributed by atoms with Crippen molar-refractivity contribution in [2.75, 3.05) is 30.1 Å². The SMILES string of the molecule is c1cn2c(-c3ncc4c(n3)N(C3CCOCC3)CN4)cnc2cn1. The van der Waals surface area contributed by atoms with E-state index in [9.17, 15) is 0 Å². The van der Waals surface area contributed by atoms with E-state index < -0.39 is 0 Å². The number of anilines is 2. The Morgan fingerprint density at radius 2 is 2.04 bits per heavy atom. The summed E-state index contributed by atoms with van der Waals surface area (Å²) < 4.78 is 7.43. The summed E-state index contributed by atoms with van der Waals surface area (Å²) in [7, 11) is 0. The Bertz CT molecular complexity index is 887. The lowest BCUT2D eigenvalue weighted by molar-refractivity contribution is 0.0849.